The largest absolute Gasteiger partial charge is 0.490 e. The summed E-state index contributed by atoms with van der Waals surface area (Å²) in [5, 5.41) is 39.4. The van der Waals surface area contributed by atoms with Crippen molar-refractivity contribution < 1.29 is 118 Å². The summed E-state index contributed by atoms with van der Waals surface area (Å²) in [4.78, 5) is 241. The lowest BCUT2D eigenvalue weighted by Gasteiger charge is -2.31. The number of nitrogens with zero attached hydrogens (tertiary/aromatic N) is 1. The Balaban J connectivity index is 1.04. The number of carbonyl (C=O) groups is 16. The third-order valence-corrected chi connectivity index (χ3v) is 26.1. The topological polar surface area (TPSA) is 555 Å². The minimum absolute atomic E-state index is 0.0934. The molecule has 42 heteroatoms. The van der Waals surface area contributed by atoms with E-state index in [4.69, 9.17) is 38.6 Å². The molecule has 6 aromatic rings. The van der Waals surface area contributed by atoms with Gasteiger partial charge in [0.2, 0.25) is 70.9 Å². The summed E-state index contributed by atoms with van der Waals surface area (Å²) in [7, 11) is -4.31. The van der Waals surface area contributed by atoms with E-state index < -0.39 is 235 Å². The number of rotatable bonds is 37. The van der Waals surface area contributed by atoms with Gasteiger partial charge in [0.25, 0.3) is 10.0 Å². The van der Waals surface area contributed by atoms with Crippen LogP contribution in [0.2, 0.25) is 0 Å². The average molecular weight is 2000 g/mol. The van der Waals surface area contributed by atoms with Gasteiger partial charge in [-0.15, -0.1) is 0 Å². The fraction of sp³-hybridized carbons (Fsp3) is 0.470. The summed E-state index contributed by atoms with van der Waals surface area (Å²) < 4.78 is 70.0. The Kier molecular flexibility index (Phi) is 43.2. The normalized spacial score (nSPS) is 21.2. The van der Waals surface area contributed by atoms with E-state index in [2.05, 4.69) is 68.5 Å². The van der Waals surface area contributed by atoms with Crippen molar-refractivity contribution in [2.24, 2.45) is 0 Å². The number of ether oxygens (including phenoxy) is 7. The van der Waals surface area contributed by atoms with Crippen LogP contribution >= 0.6 is 11.8 Å². The van der Waals surface area contributed by atoms with Gasteiger partial charge in [-0.25, -0.2) is 22.7 Å². The molecule has 0 aromatic heterocycles. The zero-order valence-electron chi connectivity index (χ0n) is 80.2. The molecule has 3 aliphatic heterocycles. The third-order valence-electron chi connectivity index (χ3n) is 24.1. The van der Waals surface area contributed by atoms with Gasteiger partial charge in [-0.3, -0.25) is 72.5 Å². The zero-order valence-corrected chi connectivity index (χ0v) is 81.8. The number of amides is 12. The van der Waals surface area contributed by atoms with Crippen molar-refractivity contribution in [2.45, 2.75) is 266 Å². The van der Waals surface area contributed by atoms with Crippen molar-refractivity contribution in [2.75, 3.05) is 38.3 Å². The molecular weight excluding hydrogens is 1880 g/mol. The molecule has 1 aliphatic carbocycles. The number of hydrogen-bond donors (Lipinski definition) is 14. The van der Waals surface area contributed by atoms with Crippen LogP contribution in [0, 0.1) is 12.3 Å². The minimum atomic E-state index is -4.31. The van der Waals surface area contributed by atoms with Gasteiger partial charge in [-0.05, 0) is 162 Å². The number of sulfonamides is 1. The van der Waals surface area contributed by atoms with E-state index in [1.165, 1.54) is 30.8 Å². The third kappa shape index (κ3) is 35.3. The Bertz CT molecular complexity index is 5420. The second-order valence-corrected chi connectivity index (χ2v) is 37.7. The first-order valence-corrected chi connectivity index (χ1v) is 50.5. The van der Waals surface area contributed by atoms with Crippen LogP contribution in [-0.2, 0) is 143 Å². The molecule has 13 atom stereocenters. The summed E-state index contributed by atoms with van der Waals surface area (Å²) in [5.74, 6) is -17.5. The summed E-state index contributed by atoms with van der Waals surface area (Å²) in [6, 6.07) is 24.4. The Hall–Kier alpha value is -14.0. The van der Waals surface area contributed by atoms with Gasteiger partial charge >= 0.3 is 30.0 Å². The van der Waals surface area contributed by atoms with Gasteiger partial charge in [0.1, 0.15) is 110 Å². The van der Waals surface area contributed by atoms with E-state index in [9.17, 15) is 32.4 Å². The van der Waals surface area contributed by atoms with Crippen LogP contribution in [0.1, 0.15) is 164 Å². The monoisotopic (exact) mass is 2000 g/mol. The minimum Gasteiger partial charge on any atom is -0.490 e. The molecule has 40 nitrogen and oxygen atoms in total. The molecule has 3 saturated heterocycles. The quantitative estimate of drug-likeness (QED) is 0.00843. The molecule has 764 valence electrons. The number of carbonyl (C=O) groups excluding carboxylic acids is 16. The number of nitrogens with one attached hydrogen (secondary N) is 14. The number of esters is 4. The molecule has 4 aliphatic rings. The highest BCUT2D eigenvalue weighted by Crippen LogP contribution is 2.26. The highest BCUT2D eigenvalue weighted by molar-refractivity contribution is 7.98. The standard InChI is InChI=1S/C100H127N15O25S2/c1-7-69(8-2)139-71-42-40-65(41-43-71)53-79-97(129)115-50-25-37-82(115)95(127)111-81-60-135-84(117)54-77(91(123)106-75(98(130)136-57-67-30-18-11-19-31-67)46-47-83(116)140-70-34-22-13-23-35-70)107-93(125)80(59-134-56-66-28-16-10-17-29-66)110-92(124)78(108-94(81)126)55-85(118)138-63(5)86(113-87(119)62(4)103-90(122)76(52-64-26-14-9-15-27-64)112-100(131)137-58-68-32-20-12-21-33-68)96(128)105-74(48-51-141-6)89(121)104-73(88(120)109-79)36-24-49-102-99(101)114-142(132,133)72-44-38-61(3)39-45-72/h9-12,14-21,26-33,38-45,62-63,69-70,73-82,86H,7-8,13,22-25,34-37,46-60H2,1-6H3,(H,103,122)(H,104,121)(H,105,128)(H,106,123)(H,107,125)(H,108,126)(H,109,120)(H,110,124)(H,111,127)(H,112,131)(H,113,119)(H3,101,102,114)/t62-,63+,73-,74-,75-,76-,77-,78-,79-,80-,81-,82-,86-/m0/s1. The Morgan fingerprint density at radius 2 is 1.15 bits per heavy atom. The smallest absolute Gasteiger partial charge is 0.408 e. The number of fused-ring (bicyclic) bond motifs is 4. The van der Waals surface area contributed by atoms with Crippen LogP contribution in [0.3, 0.4) is 0 Å². The fourth-order valence-corrected chi connectivity index (χ4v) is 17.5. The molecule has 0 spiro atoms. The number of hydrogen-bond acceptors (Lipinski definition) is 27. The van der Waals surface area contributed by atoms with Gasteiger partial charge < -0.3 is 102 Å². The van der Waals surface area contributed by atoms with Crippen LogP contribution in [0.25, 0.3) is 0 Å². The SMILES string of the molecule is CCC(CC)Oc1ccc(C[C@@H]2NC(=O)[C@H](CCCNC(=N)NS(=O)(=O)c3ccc(C)cc3)NC(=O)[C@H](CCSC)NC(=O)[C@@H](NC(=O)[C@H](C)NC(=O)[C@H](Cc3ccccc3)NC(=O)OCc3ccccc3)[C@@H](C)OC(=O)C[C@@H]3NC(=O)[C@H](COC(=O)C[C@@H](C(=O)N[C@@H](CCC(=O)OC4CCCCC4)C(=O)OCc4ccccc4)NC(=O)[C@H](COCc4ccccc4)NC3=O)NC(=O)[C@@H]3CCCN3C2=O)cc1. The first-order valence-electron chi connectivity index (χ1n) is 47.6. The second-order valence-electron chi connectivity index (χ2n) is 35.1. The van der Waals surface area contributed by atoms with Crippen LogP contribution in [0.15, 0.2) is 175 Å². The predicted molar refractivity (Wildman–Crippen MR) is 518 cm³/mol. The Morgan fingerprint density at radius 1 is 0.570 bits per heavy atom. The lowest BCUT2D eigenvalue weighted by molar-refractivity contribution is -0.155. The summed E-state index contributed by atoms with van der Waals surface area (Å²) in [6.07, 6.45) is -1.32. The van der Waals surface area contributed by atoms with Gasteiger partial charge in [0.15, 0.2) is 0 Å². The number of benzene rings is 6. The number of thioether (sulfide) groups is 1. The molecule has 2 bridgehead atoms. The first-order chi connectivity index (χ1) is 68.2. The number of alkyl carbamates (subject to hydrolysis) is 1. The number of aryl methyl sites for hydroxylation is 1. The van der Waals surface area contributed by atoms with Crippen molar-refractivity contribution >= 4 is 123 Å². The summed E-state index contributed by atoms with van der Waals surface area (Å²) in [6.45, 7) is 4.83. The molecule has 3 heterocycles. The van der Waals surface area contributed by atoms with E-state index >= 15 is 52.7 Å². The molecule has 14 N–H and O–H groups in total. The average Bonchev–Trinajstić information content (AvgIpc) is 1.65. The fourth-order valence-electron chi connectivity index (χ4n) is 16.0. The second kappa shape index (κ2) is 55.8. The molecule has 0 radical (unpaired) electrons. The van der Waals surface area contributed by atoms with E-state index in [-0.39, 0.29) is 94.6 Å². The first kappa shape index (κ1) is 110. The predicted octanol–water partition coefficient (Wildman–Crippen LogP) is 4.44. The number of cyclic esters (lactones) is 2. The van der Waals surface area contributed by atoms with E-state index in [1.54, 1.807) is 171 Å². The summed E-state index contributed by atoms with van der Waals surface area (Å²) in [5.41, 5.74) is 3.45. The maximum atomic E-state index is 15.9. The Labute approximate surface area is 828 Å². The maximum absolute atomic E-state index is 15.9. The Morgan fingerprint density at radius 3 is 1.78 bits per heavy atom. The number of guanidine groups is 1. The van der Waals surface area contributed by atoms with Gasteiger partial charge in [0, 0.05) is 32.4 Å². The van der Waals surface area contributed by atoms with Crippen LogP contribution in [0.4, 0.5) is 4.79 Å². The molecule has 0 unspecified atom stereocenters. The van der Waals surface area contributed by atoms with E-state index in [1.807, 2.05) is 13.8 Å². The molecule has 1 saturated carbocycles. The van der Waals surface area contributed by atoms with Gasteiger partial charge in [-0.1, -0.05) is 171 Å². The van der Waals surface area contributed by atoms with Crippen LogP contribution < -0.4 is 73.3 Å². The van der Waals surface area contributed by atoms with Gasteiger partial charge in [-0.2, -0.15) is 11.8 Å². The molecule has 12 amide bonds. The lowest BCUT2D eigenvalue weighted by atomic mass is 9.98. The summed E-state index contributed by atoms with van der Waals surface area (Å²) >= 11 is 1.21. The van der Waals surface area contributed by atoms with Crippen molar-refractivity contribution in [3.05, 3.63) is 203 Å². The maximum Gasteiger partial charge on any atom is 0.408 e. The van der Waals surface area contributed by atoms with Crippen LogP contribution in [-0.4, -0.2) is 243 Å². The highest BCUT2D eigenvalue weighted by atomic mass is 32.2. The van der Waals surface area contributed by atoms with Crippen molar-refractivity contribution in [3.8, 4) is 5.75 Å². The van der Waals surface area contributed by atoms with Gasteiger partial charge in [0.05, 0.1) is 37.1 Å². The van der Waals surface area contributed by atoms with Crippen LogP contribution in [0.5, 0.6) is 5.75 Å². The zero-order chi connectivity index (χ0) is 102. The molecule has 10 rings (SSSR count). The van der Waals surface area contributed by atoms with E-state index in [0.717, 1.165) is 36.6 Å². The van der Waals surface area contributed by atoms with Crippen molar-refractivity contribution in [1.29, 1.82) is 5.41 Å². The molecule has 142 heavy (non-hydrogen) atoms. The van der Waals surface area contributed by atoms with Crippen molar-refractivity contribution in [3.63, 3.8) is 0 Å². The van der Waals surface area contributed by atoms with E-state index in [0.29, 0.717) is 59.3 Å². The molecule has 4 fully saturated rings. The highest BCUT2D eigenvalue weighted by Gasteiger charge is 2.44. The molecular formula is C100H127N15O25S2. The lowest BCUT2D eigenvalue weighted by Crippen LogP contribution is -2.62. The van der Waals surface area contributed by atoms with Crippen molar-refractivity contribution in [1.82, 2.24) is 73.4 Å². The molecule has 6 aromatic carbocycles.